The lowest BCUT2D eigenvalue weighted by Gasteiger charge is -2.21. The van der Waals surface area contributed by atoms with Crippen molar-refractivity contribution >= 4 is 25.7 Å². The Kier molecular flexibility index (Phi) is 49.3. The number of aliphatic hydroxyl groups is 1. The van der Waals surface area contributed by atoms with Crippen molar-refractivity contribution in [2.45, 2.75) is 187 Å². The molecule has 72 heavy (non-hydrogen) atoms. The third-order valence-corrected chi connectivity index (χ3v) is 11.2. The topological polar surface area (TPSA) is 155 Å². The summed E-state index contributed by atoms with van der Waals surface area (Å²) in [5.74, 6) is -1.64. The summed E-state index contributed by atoms with van der Waals surface area (Å²) in [4.78, 5) is 48.4. The van der Waals surface area contributed by atoms with Crippen LogP contribution in [0.5, 0.6) is 0 Å². The van der Waals surface area contributed by atoms with Gasteiger partial charge in [-0.05, 0) is 128 Å². The van der Waals surface area contributed by atoms with Crippen molar-refractivity contribution in [1.82, 2.24) is 0 Å². The molecule has 12 heteroatoms. The van der Waals surface area contributed by atoms with Crippen LogP contribution in [0, 0.1) is 0 Å². The highest BCUT2D eigenvalue weighted by atomic mass is 31.2. The van der Waals surface area contributed by atoms with E-state index in [1.165, 1.54) is 0 Å². The van der Waals surface area contributed by atoms with Gasteiger partial charge in [0, 0.05) is 19.3 Å². The van der Waals surface area contributed by atoms with Crippen LogP contribution >= 0.6 is 7.82 Å². The van der Waals surface area contributed by atoms with Gasteiger partial charge in [-0.15, -0.1) is 0 Å². The summed E-state index contributed by atoms with van der Waals surface area (Å²) in [5.41, 5.74) is 0. The Morgan fingerprint density at radius 2 is 0.694 bits per heavy atom. The van der Waals surface area contributed by atoms with Gasteiger partial charge in [0.25, 0.3) is 0 Å². The highest BCUT2D eigenvalue weighted by Crippen LogP contribution is 2.43. The number of carbonyl (C=O) groups excluding carboxylic acids is 3. The molecule has 0 aromatic heterocycles. The summed E-state index contributed by atoms with van der Waals surface area (Å²) in [6.45, 7) is 4.11. The monoisotopic (exact) mass is 1020 g/mol. The molecular weight excluding hydrogens is 928 g/mol. The van der Waals surface area contributed by atoms with Crippen LogP contribution in [0.3, 0.4) is 0 Å². The zero-order valence-electron chi connectivity index (χ0n) is 44.3. The number of aliphatic hydroxyl groups excluding tert-OH is 1. The van der Waals surface area contributed by atoms with Gasteiger partial charge in [-0.2, -0.15) is 0 Å². The number of hydrogen-bond donors (Lipinski definition) is 2. The average Bonchev–Trinajstić information content (AvgIpc) is 3.37. The average molecular weight is 1020 g/mol. The second-order valence-corrected chi connectivity index (χ2v) is 18.3. The standard InChI is InChI=1S/C60H93O11P/c1-4-7-10-13-16-19-22-25-27-28-30-33-36-39-42-45-48-51-60(64)71-57(53-67-58(62)49-46-43-40-37-34-31-24-21-18-15-12-9-6-3)55-69-72(65,66)68-54-56(52-61)70-59(63)50-47-44-41-38-35-32-29-26-23-20-17-14-11-8-5-2/h7-12,16-21,25-27,29-31,33-35,38-39,42,56-57,61H,4-6,13-15,22-24,28,32,36-37,40-41,43-55H2,1-3H3,(H,65,66)/b10-7-,11-8-,12-9-,19-16-,20-17-,21-18-,27-25-,29-26-,33-30-,34-31-,38-35-,42-39-. The van der Waals surface area contributed by atoms with Crippen LogP contribution in [0.25, 0.3) is 0 Å². The number of allylic oxidation sites excluding steroid dienone is 24. The van der Waals surface area contributed by atoms with Gasteiger partial charge in [-0.25, -0.2) is 4.57 Å². The molecule has 2 N–H and O–H groups in total. The fourth-order valence-electron chi connectivity index (χ4n) is 6.28. The van der Waals surface area contributed by atoms with Gasteiger partial charge in [0.15, 0.2) is 6.10 Å². The summed E-state index contributed by atoms with van der Waals surface area (Å²) >= 11 is 0. The Balaban J connectivity index is 4.92. The maximum Gasteiger partial charge on any atom is 0.472 e. The Hall–Kier alpha value is -4.64. The van der Waals surface area contributed by atoms with Gasteiger partial charge in [-0.1, -0.05) is 173 Å². The molecule has 0 saturated carbocycles. The molecule has 0 rings (SSSR count). The number of phosphoric acid groups is 1. The van der Waals surface area contributed by atoms with E-state index >= 15 is 0 Å². The lowest BCUT2D eigenvalue weighted by molar-refractivity contribution is -0.161. The second-order valence-electron chi connectivity index (χ2n) is 16.9. The SMILES string of the molecule is CC/C=C\C/C=C\C/C=C\C/C=C\C/C=C\CCCC(=O)OC(COC(=O)CCCCC/C=C\C/C=C\C/C=C\CC)COP(=O)(O)OCC(CO)OC(=O)CCCC/C=C\C/C=C\C/C=C\C/C=C\CC. The summed E-state index contributed by atoms with van der Waals surface area (Å²) < 4.78 is 39.3. The van der Waals surface area contributed by atoms with Crippen molar-refractivity contribution < 1.29 is 52.2 Å². The van der Waals surface area contributed by atoms with Crippen molar-refractivity contribution in [1.29, 1.82) is 0 Å². The minimum Gasteiger partial charge on any atom is -0.462 e. The number of esters is 3. The third-order valence-electron chi connectivity index (χ3n) is 10.2. The molecule has 404 valence electrons. The predicted molar refractivity (Wildman–Crippen MR) is 297 cm³/mol. The van der Waals surface area contributed by atoms with Crippen molar-refractivity contribution in [3.8, 4) is 0 Å². The number of carbonyl (C=O) groups is 3. The number of ether oxygens (including phenoxy) is 3. The Morgan fingerprint density at radius 1 is 0.389 bits per heavy atom. The van der Waals surface area contributed by atoms with Crippen LogP contribution in [0.15, 0.2) is 146 Å². The van der Waals surface area contributed by atoms with E-state index in [1.807, 2.05) is 12.2 Å². The van der Waals surface area contributed by atoms with Crippen LogP contribution in [-0.4, -0.2) is 66.5 Å². The van der Waals surface area contributed by atoms with Crippen LogP contribution < -0.4 is 0 Å². The van der Waals surface area contributed by atoms with Gasteiger partial charge >= 0.3 is 25.7 Å². The number of hydrogen-bond acceptors (Lipinski definition) is 10. The molecule has 0 spiro atoms. The first-order valence-corrected chi connectivity index (χ1v) is 28.2. The van der Waals surface area contributed by atoms with E-state index in [-0.39, 0.29) is 25.9 Å². The van der Waals surface area contributed by atoms with E-state index in [4.69, 9.17) is 23.3 Å². The van der Waals surface area contributed by atoms with Gasteiger partial charge in [0.2, 0.25) is 0 Å². The highest BCUT2D eigenvalue weighted by molar-refractivity contribution is 7.47. The third kappa shape index (κ3) is 50.3. The van der Waals surface area contributed by atoms with E-state index in [2.05, 4.69) is 154 Å². The Morgan fingerprint density at radius 3 is 1.10 bits per heavy atom. The largest absolute Gasteiger partial charge is 0.472 e. The van der Waals surface area contributed by atoms with E-state index in [1.54, 1.807) is 0 Å². The van der Waals surface area contributed by atoms with Crippen LogP contribution in [0.4, 0.5) is 0 Å². The quantitative estimate of drug-likeness (QED) is 0.0197. The van der Waals surface area contributed by atoms with Crippen molar-refractivity contribution in [2.24, 2.45) is 0 Å². The zero-order chi connectivity index (χ0) is 52.7. The molecular formula is C60H93O11P. The summed E-state index contributed by atoms with van der Waals surface area (Å²) in [5, 5.41) is 9.79. The first kappa shape index (κ1) is 67.4. The molecule has 0 aliphatic rings. The van der Waals surface area contributed by atoms with E-state index in [9.17, 15) is 28.9 Å². The van der Waals surface area contributed by atoms with E-state index in [0.717, 1.165) is 109 Å². The maximum atomic E-state index is 12.9. The normalized spacial score (nSPS) is 14.6. The molecule has 11 nitrogen and oxygen atoms in total. The van der Waals surface area contributed by atoms with E-state index < -0.39 is 57.8 Å². The highest BCUT2D eigenvalue weighted by Gasteiger charge is 2.28. The number of unbranched alkanes of at least 4 members (excludes halogenated alkanes) is 6. The van der Waals surface area contributed by atoms with E-state index in [0.29, 0.717) is 25.7 Å². The zero-order valence-corrected chi connectivity index (χ0v) is 45.2. The van der Waals surface area contributed by atoms with Gasteiger partial charge in [0.05, 0.1) is 19.8 Å². The summed E-state index contributed by atoms with van der Waals surface area (Å²) in [6, 6.07) is 0. The molecule has 3 unspecified atom stereocenters. The lowest BCUT2D eigenvalue weighted by Crippen LogP contribution is -2.30. The molecule has 0 aromatic rings. The summed E-state index contributed by atoms with van der Waals surface area (Å²) in [7, 11) is -4.79. The first-order chi connectivity index (χ1) is 35.2. The van der Waals surface area contributed by atoms with Gasteiger partial charge in [0.1, 0.15) is 12.7 Å². The second kappa shape index (κ2) is 52.7. The lowest BCUT2D eigenvalue weighted by atomic mass is 10.1. The smallest absolute Gasteiger partial charge is 0.462 e. The molecule has 0 heterocycles. The maximum absolute atomic E-state index is 12.9. The van der Waals surface area contributed by atoms with Crippen LogP contribution in [0.1, 0.15) is 175 Å². The van der Waals surface area contributed by atoms with Gasteiger partial charge in [-0.3, -0.25) is 23.4 Å². The summed E-state index contributed by atoms with van der Waals surface area (Å²) in [6.07, 6.45) is 66.9. The Bertz CT molecular complexity index is 1760. The van der Waals surface area contributed by atoms with Crippen molar-refractivity contribution in [3.63, 3.8) is 0 Å². The fraction of sp³-hybridized carbons (Fsp3) is 0.550. The molecule has 0 radical (unpaired) electrons. The molecule has 0 fully saturated rings. The fourth-order valence-corrected chi connectivity index (χ4v) is 7.06. The van der Waals surface area contributed by atoms with Crippen LogP contribution in [-0.2, 0) is 42.2 Å². The molecule has 0 aromatic carbocycles. The van der Waals surface area contributed by atoms with Crippen LogP contribution in [0.2, 0.25) is 0 Å². The van der Waals surface area contributed by atoms with Crippen molar-refractivity contribution in [2.75, 3.05) is 26.4 Å². The predicted octanol–water partition coefficient (Wildman–Crippen LogP) is 15.6. The minimum atomic E-state index is -4.79. The molecule has 0 bridgehead atoms. The minimum absolute atomic E-state index is 0.0705. The van der Waals surface area contributed by atoms with Crippen molar-refractivity contribution in [3.05, 3.63) is 146 Å². The molecule has 0 aliphatic heterocycles. The molecule has 0 saturated heterocycles. The van der Waals surface area contributed by atoms with Gasteiger partial charge < -0.3 is 24.2 Å². The number of rotatable bonds is 47. The Labute approximate surface area is 435 Å². The molecule has 0 aliphatic carbocycles. The first-order valence-electron chi connectivity index (χ1n) is 26.7. The molecule has 0 amide bonds. The number of phosphoric ester groups is 1. The molecule has 3 atom stereocenters.